The number of nitro groups is 1. The highest BCUT2D eigenvalue weighted by molar-refractivity contribution is 7.98. The molecule has 0 fully saturated rings. The second-order valence-electron chi connectivity index (χ2n) is 3.50. The van der Waals surface area contributed by atoms with Gasteiger partial charge in [0.05, 0.1) is 11.4 Å². The van der Waals surface area contributed by atoms with Crippen molar-refractivity contribution in [3.05, 3.63) is 28.0 Å². The minimum atomic E-state index is -0.402. The van der Waals surface area contributed by atoms with Gasteiger partial charge in [0.1, 0.15) is 5.76 Å². The molecule has 1 rings (SSSR count). The Bertz CT molecular complexity index is 419. The van der Waals surface area contributed by atoms with E-state index in [-0.39, 0.29) is 6.54 Å². The number of aliphatic imine (C=N–C) groups is 1. The summed E-state index contributed by atoms with van der Waals surface area (Å²) in [6.07, 6.45) is 1.43. The lowest BCUT2D eigenvalue weighted by atomic mass is 10.4. The summed E-state index contributed by atoms with van der Waals surface area (Å²) in [6.45, 7) is 2.28. The first-order valence-corrected chi connectivity index (χ1v) is 6.57. The Morgan fingerprint density at radius 1 is 1.72 bits per heavy atom. The van der Waals surface area contributed by atoms with Gasteiger partial charge in [-0.3, -0.25) is 15.1 Å². The predicted octanol–water partition coefficient (Wildman–Crippen LogP) is 1.11. The molecule has 0 radical (unpaired) electrons. The molecule has 0 saturated carbocycles. The van der Waals surface area contributed by atoms with Crippen LogP contribution in [0.5, 0.6) is 0 Å². The number of aryl methyl sites for hydroxylation is 1. The van der Waals surface area contributed by atoms with E-state index < -0.39 is 4.92 Å². The normalized spacial score (nSPS) is 11.6. The Morgan fingerprint density at radius 3 is 3.06 bits per heavy atom. The molecule has 1 aromatic rings. The highest BCUT2D eigenvalue weighted by Gasteiger charge is 2.06. The van der Waals surface area contributed by atoms with Gasteiger partial charge < -0.3 is 9.73 Å². The maximum Gasteiger partial charge on any atom is 0.259 e. The van der Waals surface area contributed by atoms with Gasteiger partial charge in [0, 0.05) is 24.3 Å². The van der Waals surface area contributed by atoms with Crippen LogP contribution in [0.1, 0.15) is 11.5 Å². The fraction of sp³-hybridized carbons (Fsp3) is 0.600. The maximum absolute atomic E-state index is 10.3. The molecule has 1 aromatic heterocycles. The first kappa shape index (κ1) is 14.5. The average Bonchev–Trinajstić information content (AvgIpc) is 2.72. The highest BCUT2D eigenvalue weighted by Crippen LogP contribution is 2.14. The Hall–Kier alpha value is -1.57. The van der Waals surface area contributed by atoms with Gasteiger partial charge in [0.25, 0.3) is 6.54 Å². The number of oxazole rings is 1. The van der Waals surface area contributed by atoms with E-state index in [9.17, 15) is 10.1 Å². The van der Waals surface area contributed by atoms with Gasteiger partial charge in [-0.15, -0.1) is 0 Å². The molecule has 0 bridgehead atoms. The first-order chi connectivity index (χ1) is 8.63. The van der Waals surface area contributed by atoms with Gasteiger partial charge in [-0.2, -0.15) is 11.8 Å². The van der Waals surface area contributed by atoms with Crippen LogP contribution in [-0.4, -0.2) is 41.6 Å². The number of amidine groups is 1. The fourth-order valence-electron chi connectivity index (χ4n) is 1.23. The van der Waals surface area contributed by atoms with E-state index in [1.807, 2.05) is 6.92 Å². The lowest BCUT2D eigenvalue weighted by Crippen LogP contribution is -2.31. The third kappa shape index (κ3) is 5.17. The molecule has 0 spiro atoms. The zero-order valence-electron chi connectivity index (χ0n) is 10.4. The quantitative estimate of drug-likeness (QED) is 0.263. The second-order valence-corrected chi connectivity index (χ2v) is 4.61. The summed E-state index contributed by atoms with van der Waals surface area (Å²) in [6, 6.07) is 0. The van der Waals surface area contributed by atoms with Crippen molar-refractivity contribution in [2.75, 3.05) is 25.9 Å². The van der Waals surface area contributed by atoms with Crippen LogP contribution in [0.2, 0.25) is 0 Å². The van der Waals surface area contributed by atoms with Crippen LogP contribution in [0, 0.1) is 17.0 Å². The van der Waals surface area contributed by atoms with Crippen molar-refractivity contribution in [2.24, 2.45) is 4.99 Å². The first-order valence-electron chi connectivity index (χ1n) is 5.41. The van der Waals surface area contributed by atoms with E-state index in [0.29, 0.717) is 12.4 Å². The summed E-state index contributed by atoms with van der Waals surface area (Å²) >= 11 is 1.68. The van der Waals surface area contributed by atoms with Crippen LogP contribution in [0.3, 0.4) is 0 Å². The van der Waals surface area contributed by atoms with Crippen molar-refractivity contribution in [2.45, 2.75) is 12.7 Å². The molecule has 100 valence electrons. The molecule has 0 aliphatic rings. The van der Waals surface area contributed by atoms with Gasteiger partial charge in [-0.05, 0) is 6.92 Å². The Morgan fingerprint density at radius 2 is 2.50 bits per heavy atom. The monoisotopic (exact) mass is 272 g/mol. The summed E-state index contributed by atoms with van der Waals surface area (Å²) in [7, 11) is 1.54. The molecular weight excluding hydrogens is 256 g/mol. The second kappa shape index (κ2) is 7.70. The lowest BCUT2D eigenvalue weighted by molar-refractivity contribution is -0.463. The zero-order chi connectivity index (χ0) is 13.4. The molecule has 0 atom stereocenters. The Kier molecular flexibility index (Phi) is 6.20. The van der Waals surface area contributed by atoms with Gasteiger partial charge in [0.15, 0.2) is 12.2 Å². The number of hydrogen-bond acceptors (Lipinski definition) is 6. The molecular formula is C10H16N4O3S. The van der Waals surface area contributed by atoms with Crippen molar-refractivity contribution in [3.63, 3.8) is 0 Å². The molecule has 0 saturated heterocycles. The third-order valence-corrected chi connectivity index (χ3v) is 3.16. The van der Waals surface area contributed by atoms with E-state index in [2.05, 4.69) is 15.3 Å². The maximum atomic E-state index is 10.3. The summed E-state index contributed by atoms with van der Waals surface area (Å²) in [5, 5.41) is 13.2. The minimum Gasteiger partial charge on any atom is -0.447 e. The van der Waals surface area contributed by atoms with Crippen LogP contribution in [0.4, 0.5) is 0 Å². The SMILES string of the molecule is CN=C(C[N+](=O)[O-])NCCSCc1ocnc1C. The molecule has 0 aromatic carbocycles. The number of nitrogens with zero attached hydrogens (tertiary/aromatic N) is 3. The molecule has 1 N–H and O–H groups in total. The minimum absolute atomic E-state index is 0.262. The predicted molar refractivity (Wildman–Crippen MR) is 70.6 cm³/mol. The van der Waals surface area contributed by atoms with E-state index in [0.717, 1.165) is 23.0 Å². The molecule has 1 heterocycles. The molecule has 7 nitrogen and oxygen atoms in total. The van der Waals surface area contributed by atoms with Crippen LogP contribution in [-0.2, 0) is 5.75 Å². The summed E-state index contributed by atoms with van der Waals surface area (Å²) < 4.78 is 5.20. The summed E-state index contributed by atoms with van der Waals surface area (Å²) in [5.74, 6) is 2.84. The molecule has 0 aliphatic heterocycles. The van der Waals surface area contributed by atoms with Gasteiger partial charge >= 0.3 is 0 Å². The molecule has 0 unspecified atom stereocenters. The highest BCUT2D eigenvalue weighted by atomic mass is 32.2. The van der Waals surface area contributed by atoms with Crippen molar-refractivity contribution in [1.82, 2.24) is 10.3 Å². The van der Waals surface area contributed by atoms with Gasteiger partial charge in [0.2, 0.25) is 0 Å². The van der Waals surface area contributed by atoms with E-state index in [4.69, 9.17) is 4.42 Å². The van der Waals surface area contributed by atoms with Crippen molar-refractivity contribution >= 4 is 17.6 Å². The molecule has 8 heteroatoms. The average molecular weight is 272 g/mol. The number of nitrogens with one attached hydrogen (secondary N) is 1. The Labute approximate surface area is 109 Å². The molecule has 18 heavy (non-hydrogen) atoms. The van der Waals surface area contributed by atoms with Crippen LogP contribution < -0.4 is 5.32 Å². The van der Waals surface area contributed by atoms with Crippen LogP contribution >= 0.6 is 11.8 Å². The number of rotatable bonds is 7. The summed E-state index contributed by atoms with van der Waals surface area (Å²) in [5.41, 5.74) is 0.902. The Balaban J connectivity index is 2.15. The third-order valence-electron chi connectivity index (χ3n) is 2.20. The van der Waals surface area contributed by atoms with Crippen molar-refractivity contribution in [1.29, 1.82) is 0 Å². The van der Waals surface area contributed by atoms with E-state index in [1.165, 1.54) is 13.4 Å². The van der Waals surface area contributed by atoms with E-state index in [1.54, 1.807) is 11.8 Å². The number of aromatic nitrogens is 1. The number of hydrogen-bond donors (Lipinski definition) is 1. The summed E-state index contributed by atoms with van der Waals surface area (Å²) in [4.78, 5) is 17.7. The zero-order valence-corrected chi connectivity index (χ0v) is 11.2. The smallest absolute Gasteiger partial charge is 0.259 e. The largest absolute Gasteiger partial charge is 0.447 e. The van der Waals surface area contributed by atoms with Crippen molar-refractivity contribution in [3.8, 4) is 0 Å². The van der Waals surface area contributed by atoms with Gasteiger partial charge in [-0.1, -0.05) is 0 Å². The lowest BCUT2D eigenvalue weighted by Gasteiger charge is -2.05. The van der Waals surface area contributed by atoms with Crippen LogP contribution in [0.15, 0.2) is 15.8 Å². The standard InChI is InChI=1S/C10H16N4O3S/c1-8-9(17-7-13-8)6-18-4-3-12-10(11-2)5-14(15)16/h7H,3-6H2,1-2H3,(H,11,12). The fourth-order valence-corrected chi connectivity index (χ4v) is 2.08. The topological polar surface area (TPSA) is 93.6 Å². The number of thioether (sulfide) groups is 1. The molecule has 0 aliphatic carbocycles. The van der Waals surface area contributed by atoms with Crippen molar-refractivity contribution < 1.29 is 9.34 Å². The van der Waals surface area contributed by atoms with Gasteiger partial charge in [-0.25, -0.2) is 4.98 Å². The van der Waals surface area contributed by atoms with E-state index >= 15 is 0 Å². The van der Waals surface area contributed by atoms with Crippen LogP contribution in [0.25, 0.3) is 0 Å². The molecule has 0 amide bonds.